The third-order valence-electron chi connectivity index (χ3n) is 2.26. The zero-order valence-electron chi connectivity index (χ0n) is 8.49. The summed E-state index contributed by atoms with van der Waals surface area (Å²) in [6, 6.07) is 4.59. The Morgan fingerprint density at radius 1 is 1.50 bits per heavy atom. The van der Waals surface area contributed by atoms with Crippen molar-refractivity contribution in [2.45, 2.75) is 6.92 Å². The number of hydrogen-bond donors (Lipinski definition) is 2. The lowest BCUT2D eigenvalue weighted by Crippen LogP contribution is -1.98. The minimum absolute atomic E-state index is 0.0391. The average Bonchev–Trinajstić information content (AvgIpc) is 2.66. The van der Waals surface area contributed by atoms with Crippen LogP contribution in [-0.4, -0.2) is 21.3 Å². The summed E-state index contributed by atoms with van der Waals surface area (Å²) in [5, 5.41) is 15.0. The highest BCUT2D eigenvalue weighted by atomic mass is 19.1. The molecule has 5 heteroatoms. The monoisotopic (exact) mass is 220 g/mol. The van der Waals surface area contributed by atoms with Gasteiger partial charge in [0.1, 0.15) is 11.4 Å². The van der Waals surface area contributed by atoms with Crippen molar-refractivity contribution in [3.8, 4) is 11.3 Å². The van der Waals surface area contributed by atoms with E-state index < -0.39 is 11.8 Å². The Bertz CT molecular complexity index is 549. The van der Waals surface area contributed by atoms with Crippen LogP contribution in [0.15, 0.2) is 24.4 Å². The number of nitrogens with one attached hydrogen (secondary N) is 1. The van der Waals surface area contributed by atoms with Crippen LogP contribution in [0.1, 0.15) is 15.9 Å². The molecular weight excluding hydrogens is 211 g/mol. The molecule has 0 amide bonds. The molecule has 0 aliphatic rings. The molecule has 0 spiro atoms. The summed E-state index contributed by atoms with van der Waals surface area (Å²) >= 11 is 0. The van der Waals surface area contributed by atoms with E-state index in [0.29, 0.717) is 0 Å². The molecule has 0 atom stereocenters. The Labute approximate surface area is 90.7 Å². The van der Waals surface area contributed by atoms with Gasteiger partial charge in [-0.3, -0.25) is 5.10 Å². The van der Waals surface area contributed by atoms with E-state index in [1.165, 1.54) is 12.1 Å². The molecule has 0 unspecified atom stereocenters. The molecule has 0 saturated carbocycles. The average molecular weight is 220 g/mol. The maximum atomic E-state index is 13.6. The first-order chi connectivity index (χ1) is 7.59. The second-order valence-corrected chi connectivity index (χ2v) is 3.45. The lowest BCUT2D eigenvalue weighted by Gasteiger charge is -2.02. The number of hydrogen-bond acceptors (Lipinski definition) is 2. The van der Waals surface area contributed by atoms with E-state index in [9.17, 15) is 9.18 Å². The summed E-state index contributed by atoms with van der Waals surface area (Å²) in [4.78, 5) is 10.9. The normalized spacial score (nSPS) is 10.4. The van der Waals surface area contributed by atoms with Crippen molar-refractivity contribution in [1.82, 2.24) is 10.2 Å². The number of rotatable bonds is 2. The Hall–Kier alpha value is -2.17. The predicted octanol–water partition coefficient (Wildman–Crippen LogP) is 2.22. The topological polar surface area (TPSA) is 66.0 Å². The van der Waals surface area contributed by atoms with Crippen molar-refractivity contribution in [3.63, 3.8) is 0 Å². The highest BCUT2D eigenvalue weighted by Gasteiger charge is 2.16. The van der Waals surface area contributed by atoms with Crippen LogP contribution < -0.4 is 0 Å². The molecule has 4 nitrogen and oxygen atoms in total. The largest absolute Gasteiger partial charge is 0.478 e. The fourth-order valence-corrected chi connectivity index (χ4v) is 1.48. The van der Waals surface area contributed by atoms with Gasteiger partial charge in [0, 0.05) is 5.56 Å². The van der Waals surface area contributed by atoms with E-state index in [1.807, 2.05) is 0 Å². The quantitative estimate of drug-likeness (QED) is 0.815. The van der Waals surface area contributed by atoms with Gasteiger partial charge in [-0.15, -0.1) is 0 Å². The number of aromatic nitrogens is 2. The van der Waals surface area contributed by atoms with Gasteiger partial charge in [-0.05, 0) is 24.6 Å². The maximum absolute atomic E-state index is 13.6. The van der Waals surface area contributed by atoms with E-state index in [4.69, 9.17) is 5.11 Å². The van der Waals surface area contributed by atoms with Crippen LogP contribution in [0.5, 0.6) is 0 Å². The molecule has 16 heavy (non-hydrogen) atoms. The van der Waals surface area contributed by atoms with E-state index >= 15 is 0 Å². The Balaban J connectivity index is 2.59. The Kier molecular flexibility index (Phi) is 2.44. The van der Waals surface area contributed by atoms with Gasteiger partial charge in [0.15, 0.2) is 0 Å². The number of aryl methyl sites for hydroxylation is 1. The van der Waals surface area contributed by atoms with Crippen molar-refractivity contribution in [1.29, 1.82) is 0 Å². The molecule has 2 aromatic rings. The standard InChI is InChI=1S/C11H9FN2O2/c1-6-2-3-7(9(12)4-6)10-8(11(15)16)5-13-14-10/h2-5H,1H3,(H,13,14)(H,15,16). The summed E-state index contributed by atoms with van der Waals surface area (Å²) in [5.41, 5.74) is 1.13. The van der Waals surface area contributed by atoms with Crippen molar-refractivity contribution in [2.24, 2.45) is 0 Å². The van der Waals surface area contributed by atoms with Crippen LogP contribution in [0.25, 0.3) is 11.3 Å². The smallest absolute Gasteiger partial charge is 0.339 e. The number of aromatic carboxylic acids is 1. The van der Waals surface area contributed by atoms with E-state index in [-0.39, 0.29) is 16.8 Å². The molecule has 1 aromatic heterocycles. The summed E-state index contributed by atoms with van der Waals surface area (Å²) in [6.07, 6.45) is 1.16. The molecule has 0 fully saturated rings. The molecule has 0 saturated heterocycles. The fraction of sp³-hybridized carbons (Fsp3) is 0.0909. The third kappa shape index (κ3) is 1.67. The molecular formula is C11H9FN2O2. The zero-order chi connectivity index (χ0) is 11.7. The first-order valence-electron chi connectivity index (χ1n) is 4.63. The van der Waals surface area contributed by atoms with Crippen molar-refractivity contribution in [3.05, 3.63) is 41.3 Å². The summed E-state index contributed by atoms with van der Waals surface area (Å²) in [5.74, 6) is -1.60. The molecule has 0 aliphatic heterocycles. The minimum Gasteiger partial charge on any atom is -0.478 e. The van der Waals surface area contributed by atoms with Gasteiger partial charge in [0.2, 0.25) is 0 Å². The van der Waals surface area contributed by atoms with E-state index in [1.54, 1.807) is 13.0 Å². The number of carbonyl (C=O) groups is 1. The van der Waals surface area contributed by atoms with Crippen molar-refractivity contribution >= 4 is 5.97 Å². The van der Waals surface area contributed by atoms with Gasteiger partial charge in [-0.1, -0.05) is 6.07 Å². The van der Waals surface area contributed by atoms with Gasteiger partial charge >= 0.3 is 5.97 Å². The van der Waals surface area contributed by atoms with E-state index in [2.05, 4.69) is 10.2 Å². The molecule has 82 valence electrons. The van der Waals surface area contributed by atoms with Crippen molar-refractivity contribution in [2.75, 3.05) is 0 Å². The second-order valence-electron chi connectivity index (χ2n) is 3.45. The fourth-order valence-electron chi connectivity index (χ4n) is 1.48. The van der Waals surface area contributed by atoms with Gasteiger partial charge in [0.25, 0.3) is 0 Å². The number of benzene rings is 1. The van der Waals surface area contributed by atoms with Crippen LogP contribution >= 0.6 is 0 Å². The Morgan fingerprint density at radius 3 is 2.88 bits per heavy atom. The van der Waals surface area contributed by atoms with Crippen LogP contribution in [0, 0.1) is 12.7 Å². The van der Waals surface area contributed by atoms with Gasteiger partial charge in [-0.2, -0.15) is 5.10 Å². The summed E-state index contributed by atoms with van der Waals surface area (Å²) < 4.78 is 13.6. The van der Waals surface area contributed by atoms with Crippen molar-refractivity contribution < 1.29 is 14.3 Å². The highest BCUT2D eigenvalue weighted by molar-refractivity contribution is 5.94. The van der Waals surface area contributed by atoms with Crippen LogP contribution in [-0.2, 0) is 0 Å². The van der Waals surface area contributed by atoms with Gasteiger partial charge < -0.3 is 5.11 Å². The molecule has 2 N–H and O–H groups in total. The molecule has 1 aromatic carbocycles. The van der Waals surface area contributed by atoms with Gasteiger partial charge in [0.05, 0.1) is 11.9 Å². The summed E-state index contributed by atoms with van der Waals surface area (Å²) in [7, 11) is 0. The Morgan fingerprint density at radius 2 is 2.25 bits per heavy atom. The van der Waals surface area contributed by atoms with E-state index in [0.717, 1.165) is 11.8 Å². The second kappa shape index (κ2) is 3.77. The van der Waals surface area contributed by atoms with Gasteiger partial charge in [-0.25, -0.2) is 9.18 Å². The molecule has 1 heterocycles. The number of halogens is 1. The number of nitrogens with zero attached hydrogens (tertiary/aromatic N) is 1. The first kappa shape index (κ1) is 10.4. The lowest BCUT2D eigenvalue weighted by molar-refractivity contribution is 0.0698. The minimum atomic E-state index is -1.14. The lowest BCUT2D eigenvalue weighted by atomic mass is 10.1. The zero-order valence-corrected chi connectivity index (χ0v) is 8.49. The maximum Gasteiger partial charge on any atom is 0.339 e. The molecule has 0 radical (unpaired) electrons. The van der Waals surface area contributed by atoms with Crippen LogP contribution in [0.2, 0.25) is 0 Å². The number of carboxylic acids is 1. The van der Waals surface area contributed by atoms with Crippen LogP contribution in [0.3, 0.4) is 0 Å². The molecule has 2 rings (SSSR count). The molecule has 0 bridgehead atoms. The third-order valence-corrected chi connectivity index (χ3v) is 2.26. The summed E-state index contributed by atoms with van der Waals surface area (Å²) in [6.45, 7) is 1.76. The highest BCUT2D eigenvalue weighted by Crippen LogP contribution is 2.24. The predicted molar refractivity (Wildman–Crippen MR) is 55.7 cm³/mol. The van der Waals surface area contributed by atoms with Crippen LogP contribution in [0.4, 0.5) is 4.39 Å². The molecule has 0 aliphatic carbocycles. The number of aromatic amines is 1. The SMILES string of the molecule is Cc1ccc(-c2[nH]ncc2C(=O)O)c(F)c1. The number of H-pyrrole nitrogens is 1. The number of carboxylic acid groups (broad SMARTS) is 1. The first-order valence-corrected chi connectivity index (χ1v) is 4.63.